The van der Waals surface area contributed by atoms with E-state index in [2.05, 4.69) is 4.98 Å². The average molecular weight is 232 g/mol. The van der Waals surface area contributed by atoms with Gasteiger partial charge in [-0.3, -0.25) is 0 Å². The Labute approximate surface area is 88.5 Å². The van der Waals surface area contributed by atoms with E-state index in [1.807, 2.05) is 10.8 Å². The molecular weight excluding hydrogens is 226 g/mol. The van der Waals surface area contributed by atoms with Crippen molar-refractivity contribution in [3.05, 3.63) is 37.9 Å². The Bertz CT molecular complexity index is 385. The van der Waals surface area contributed by atoms with Crippen molar-refractivity contribution in [3.8, 4) is 0 Å². The molecule has 0 aliphatic rings. The lowest BCUT2D eigenvalue weighted by molar-refractivity contribution is 0.220. The number of thiophene rings is 1. The largest absolute Gasteiger partial charge is 0.381 e. The third-order valence-corrected chi connectivity index (χ3v) is 3.64. The maximum atomic E-state index is 9.82. The molecule has 2 aromatic heterocycles. The fraction of sp³-hybridized carbons (Fsp3) is 0.125. The van der Waals surface area contributed by atoms with E-state index in [0.29, 0.717) is 10.7 Å². The van der Waals surface area contributed by atoms with Gasteiger partial charge in [-0.1, -0.05) is 11.6 Å². The van der Waals surface area contributed by atoms with E-state index >= 15 is 0 Å². The van der Waals surface area contributed by atoms with Crippen LogP contribution in [0.2, 0.25) is 5.02 Å². The van der Waals surface area contributed by atoms with Crippen LogP contribution in [0.5, 0.6) is 0 Å². The van der Waals surface area contributed by atoms with Crippen molar-refractivity contribution in [1.29, 1.82) is 0 Å². The molecule has 13 heavy (non-hydrogen) atoms. The van der Waals surface area contributed by atoms with E-state index in [4.69, 9.17) is 11.6 Å². The van der Waals surface area contributed by atoms with Crippen LogP contribution < -0.4 is 0 Å². The minimum absolute atomic E-state index is 0.602. The number of hydrogen-bond donors (Lipinski definition) is 1. The molecular formula is C8H6ClNOS2. The summed E-state index contributed by atoms with van der Waals surface area (Å²) in [5.74, 6) is 0. The molecule has 0 bridgehead atoms. The summed E-state index contributed by atoms with van der Waals surface area (Å²) >= 11 is 8.78. The maximum Gasteiger partial charge on any atom is 0.132 e. The first-order chi connectivity index (χ1) is 6.29. The smallest absolute Gasteiger partial charge is 0.132 e. The highest BCUT2D eigenvalue weighted by Gasteiger charge is 2.16. The Morgan fingerprint density at radius 3 is 2.92 bits per heavy atom. The molecule has 1 unspecified atom stereocenters. The van der Waals surface area contributed by atoms with Gasteiger partial charge in [0.2, 0.25) is 0 Å². The third-order valence-electron chi connectivity index (χ3n) is 1.62. The number of aromatic nitrogens is 1. The van der Waals surface area contributed by atoms with Gasteiger partial charge in [-0.2, -0.15) is 0 Å². The van der Waals surface area contributed by atoms with Crippen molar-refractivity contribution in [2.45, 2.75) is 6.10 Å². The minimum atomic E-state index is -0.682. The van der Waals surface area contributed by atoms with Gasteiger partial charge in [0.25, 0.3) is 0 Å². The maximum absolute atomic E-state index is 9.82. The Balaban J connectivity index is 2.33. The number of halogens is 1. The summed E-state index contributed by atoms with van der Waals surface area (Å²) in [7, 11) is 0. The highest BCUT2D eigenvalue weighted by atomic mass is 35.5. The molecule has 2 rings (SSSR count). The van der Waals surface area contributed by atoms with Crippen LogP contribution in [0, 0.1) is 0 Å². The molecule has 2 aromatic rings. The molecule has 0 fully saturated rings. The zero-order chi connectivity index (χ0) is 9.26. The summed E-state index contributed by atoms with van der Waals surface area (Å²) in [4.78, 5) is 4.79. The van der Waals surface area contributed by atoms with Gasteiger partial charge < -0.3 is 5.11 Å². The van der Waals surface area contributed by atoms with Gasteiger partial charge in [0, 0.05) is 5.38 Å². The van der Waals surface area contributed by atoms with E-state index in [1.54, 1.807) is 11.6 Å². The van der Waals surface area contributed by atoms with Gasteiger partial charge in [-0.15, -0.1) is 22.7 Å². The fourth-order valence-corrected chi connectivity index (χ4v) is 2.72. The lowest BCUT2D eigenvalue weighted by atomic mass is 10.2. The van der Waals surface area contributed by atoms with E-state index in [0.717, 1.165) is 4.88 Å². The average Bonchev–Trinajstić information content (AvgIpc) is 2.72. The summed E-state index contributed by atoms with van der Waals surface area (Å²) in [6.45, 7) is 0. The number of aliphatic hydroxyl groups is 1. The van der Waals surface area contributed by atoms with Crippen LogP contribution in [0.1, 0.15) is 16.7 Å². The zero-order valence-electron chi connectivity index (χ0n) is 6.48. The quantitative estimate of drug-likeness (QED) is 0.862. The van der Waals surface area contributed by atoms with Gasteiger partial charge >= 0.3 is 0 Å². The van der Waals surface area contributed by atoms with Crippen LogP contribution in [0.15, 0.2) is 22.3 Å². The molecule has 68 valence electrons. The first-order valence-electron chi connectivity index (χ1n) is 3.58. The first-order valence-corrected chi connectivity index (χ1v) is 5.78. The summed E-state index contributed by atoms with van der Waals surface area (Å²) in [6, 6.07) is 1.77. The van der Waals surface area contributed by atoms with E-state index in [9.17, 15) is 5.11 Å². The lowest BCUT2D eigenvalue weighted by Crippen LogP contribution is -1.97. The number of nitrogens with zero attached hydrogens (tertiary/aromatic N) is 1. The molecule has 0 spiro atoms. The minimum Gasteiger partial charge on any atom is -0.381 e. The molecule has 0 aromatic carbocycles. The summed E-state index contributed by atoms with van der Waals surface area (Å²) in [5, 5.41) is 14.1. The second-order valence-electron chi connectivity index (χ2n) is 2.45. The monoisotopic (exact) mass is 231 g/mol. The molecule has 0 radical (unpaired) electrons. The Kier molecular flexibility index (Phi) is 2.64. The van der Waals surface area contributed by atoms with Crippen molar-refractivity contribution >= 4 is 34.3 Å². The lowest BCUT2D eigenvalue weighted by Gasteiger charge is -2.04. The topological polar surface area (TPSA) is 33.1 Å². The molecule has 2 nitrogen and oxygen atoms in total. The fourth-order valence-electron chi connectivity index (χ4n) is 0.992. The van der Waals surface area contributed by atoms with Gasteiger partial charge in [-0.25, -0.2) is 4.98 Å². The summed E-state index contributed by atoms with van der Waals surface area (Å²) in [5.41, 5.74) is 2.36. The number of hydrogen-bond acceptors (Lipinski definition) is 4. The third kappa shape index (κ3) is 1.76. The van der Waals surface area contributed by atoms with E-state index < -0.39 is 6.10 Å². The van der Waals surface area contributed by atoms with Crippen molar-refractivity contribution in [2.75, 3.05) is 0 Å². The number of thiazole rings is 1. The van der Waals surface area contributed by atoms with Crippen LogP contribution in [0.25, 0.3) is 0 Å². The molecule has 1 atom stereocenters. The number of rotatable bonds is 2. The predicted octanol–water partition coefficient (Wildman–Crippen LogP) is 2.94. The van der Waals surface area contributed by atoms with Crippen LogP contribution in [0.4, 0.5) is 0 Å². The van der Waals surface area contributed by atoms with Crippen LogP contribution in [-0.4, -0.2) is 10.1 Å². The number of aliphatic hydroxyl groups excluding tert-OH is 1. The summed E-state index contributed by atoms with van der Waals surface area (Å²) in [6.07, 6.45) is -0.682. The molecule has 5 heteroatoms. The van der Waals surface area contributed by atoms with Crippen molar-refractivity contribution in [3.63, 3.8) is 0 Å². The first kappa shape index (κ1) is 9.15. The SMILES string of the molecule is OC(c1cscn1)c1sccc1Cl. The Hall–Kier alpha value is -0.420. The van der Waals surface area contributed by atoms with Crippen molar-refractivity contribution in [2.24, 2.45) is 0 Å². The molecule has 0 aliphatic heterocycles. The second kappa shape index (κ2) is 3.75. The van der Waals surface area contributed by atoms with E-state index in [-0.39, 0.29) is 0 Å². The molecule has 0 amide bonds. The van der Waals surface area contributed by atoms with Gasteiger partial charge in [0.15, 0.2) is 0 Å². The molecule has 2 heterocycles. The Morgan fingerprint density at radius 1 is 1.54 bits per heavy atom. The van der Waals surface area contributed by atoms with Crippen molar-refractivity contribution < 1.29 is 5.11 Å². The molecule has 0 saturated carbocycles. The second-order valence-corrected chi connectivity index (χ2v) is 4.52. The van der Waals surface area contributed by atoms with E-state index in [1.165, 1.54) is 22.7 Å². The molecule has 1 N–H and O–H groups in total. The molecule has 0 saturated heterocycles. The predicted molar refractivity (Wildman–Crippen MR) is 55.5 cm³/mol. The van der Waals surface area contributed by atoms with Gasteiger partial charge in [0.1, 0.15) is 6.10 Å². The highest BCUT2D eigenvalue weighted by molar-refractivity contribution is 7.10. The van der Waals surface area contributed by atoms with Gasteiger partial charge in [-0.05, 0) is 11.4 Å². The molecule has 0 aliphatic carbocycles. The zero-order valence-corrected chi connectivity index (χ0v) is 8.86. The Morgan fingerprint density at radius 2 is 2.38 bits per heavy atom. The van der Waals surface area contributed by atoms with Crippen molar-refractivity contribution in [1.82, 2.24) is 4.98 Å². The van der Waals surface area contributed by atoms with Crippen LogP contribution >= 0.6 is 34.3 Å². The normalized spacial score (nSPS) is 13.1. The highest BCUT2D eigenvalue weighted by Crippen LogP contribution is 2.32. The summed E-state index contributed by atoms with van der Waals surface area (Å²) < 4.78 is 0. The van der Waals surface area contributed by atoms with Crippen LogP contribution in [0.3, 0.4) is 0 Å². The van der Waals surface area contributed by atoms with Crippen LogP contribution in [-0.2, 0) is 0 Å². The standard InChI is InChI=1S/C8H6ClNOS2/c9-5-1-2-13-8(5)7(11)6-3-12-4-10-6/h1-4,7,11H. The van der Waals surface area contributed by atoms with Gasteiger partial charge in [0.05, 0.1) is 21.1 Å².